The highest BCUT2D eigenvalue weighted by Crippen LogP contribution is 2.31. The maximum Gasteiger partial charge on any atom is 0.260 e. The number of anilines is 1. The Labute approximate surface area is 188 Å². The van der Waals surface area contributed by atoms with E-state index in [0.29, 0.717) is 28.0 Å². The maximum absolute atomic E-state index is 13.6. The minimum atomic E-state index is -0.307. The van der Waals surface area contributed by atoms with Gasteiger partial charge in [-0.2, -0.15) is 0 Å². The molecule has 0 spiro atoms. The average Bonchev–Trinajstić information content (AvgIpc) is 3.40. The predicted octanol–water partition coefficient (Wildman–Crippen LogP) is 5.87. The molecule has 0 saturated carbocycles. The fourth-order valence-corrected chi connectivity index (χ4v) is 5.07. The first-order valence-electron chi connectivity index (χ1n) is 10.1. The molecule has 0 radical (unpaired) electrons. The third-order valence-corrected chi connectivity index (χ3v) is 6.70. The number of hydrogen-bond acceptors (Lipinski definition) is 5. The van der Waals surface area contributed by atoms with Gasteiger partial charge in [0.25, 0.3) is 5.91 Å². The van der Waals surface area contributed by atoms with Crippen LogP contribution in [0.4, 0.5) is 9.52 Å². The number of aromatic nitrogens is 3. The molecule has 0 unspecified atom stereocenters. The average molecular weight is 455 g/mol. The summed E-state index contributed by atoms with van der Waals surface area (Å²) in [6.45, 7) is 5.53. The van der Waals surface area contributed by atoms with Gasteiger partial charge in [-0.1, -0.05) is 25.2 Å². The summed E-state index contributed by atoms with van der Waals surface area (Å²) >= 11 is 3.09. The first-order chi connectivity index (χ1) is 15.0. The van der Waals surface area contributed by atoms with Gasteiger partial charge in [0.05, 0.1) is 16.5 Å². The molecule has 4 aromatic rings. The van der Waals surface area contributed by atoms with Crippen molar-refractivity contribution in [2.24, 2.45) is 0 Å². The second-order valence-corrected chi connectivity index (χ2v) is 10.1. The number of rotatable bonds is 8. The van der Waals surface area contributed by atoms with Crippen LogP contribution >= 0.6 is 23.1 Å². The quantitative estimate of drug-likeness (QED) is 0.313. The molecule has 0 atom stereocenters. The minimum absolute atomic E-state index is 0.105. The smallest absolute Gasteiger partial charge is 0.260 e. The van der Waals surface area contributed by atoms with E-state index in [-0.39, 0.29) is 11.7 Å². The number of carbonyl (C=O) groups excluding carboxylic acids is 1. The number of benzene rings is 2. The van der Waals surface area contributed by atoms with Crippen molar-refractivity contribution in [3.63, 3.8) is 0 Å². The summed E-state index contributed by atoms with van der Waals surface area (Å²) in [5.41, 5.74) is 1.30. The summed E-state index contributed by atoms with van der Waals surface area (Å²) in [5, 5.41) is 1.06. The van der Waals surface area contributed by atoms with Gasteiger partial charge in [-0.15, -0.1) is 11.8 Å². The predicted molar refractivity (Wildman–Crippen MR) is 126 cm³/mol. The van der Waals surface area contributed by atoms with E-state index in [1.165, 1.54) is 23.5 Å². The number of thioether (sulfide) groups is 1. The van der Waals surface area contributed by atoms with E-state index >= 15 is 0 Å². The number of thiazole rings is 1. The zero-order chi connectivity index (χ0) is 21.8. The Morgan fingerprint density at radius 1 is 1.23 bits per heavy atom. The molecular formula is C23H23FN4OS2. The lowest BCUT2D eigenvalue weighted by Gasteiger charge is -2.20. The van der Waals surface area contributed by atoms with Crippen LogP contribution in [-0.2, 0) is 6.54 Å². The van der Waals surface area contributed by atoms with Crippen molar-refractivity contribution < 1.29 is 9.18 Å². The maximum atomic E-state index is 13.6. The van der Waals surface area contributed by atoms with Crippen LogP contribution in [-0.4, -0.2) is 32.2 Å². The molecule has 0 fully saturated rings. The van der Waals surface area contributed by atoms with E-state index in [4.69, 9.17) is 0 Å². The van der Waals surface area contributed by atoms with Gasteiger partial charge in [0, 0.05) is 41.2 Å². The molecule has 1 amide bonds. The van der Waals surface area contributed by atoms with Gasteiger partial charge >= 0.3 is 0 Å². The Hall–Kier alpha value is -2.71. The molecule has 160 valence electrons. The van der Waals surface area contributed by atoms with Gasteiger partial charge < -0.3 is 4.57 Å². The second kappa shape index (κ2) is 9.62. The van der Waals surface area contributed by atoms with Crippen molar-refractivity contribution in [1.29, 1.82) is 0 Å². The van der Waals surface area contributed by atoms with Gasteiger partial charge in [-0.25, -0.2) is 14.4 Å². The Morgan fingerprint density at radius 2 is 2.03 bits per heavy atom. The Morgan fingerprint density at radius 3 is 2.74 bits per heavy atom. The molecule has 0 bridgehead atoms. The highest BCUT2D eigenvalue weighted by atomic mass is 32.2. The molecule has 31 heavy (non-hydrogen) atoms. The summed E-state index contributed by atoms with van der Waals surface area (Å²) in [5.74, 6) is -0.412. The number of carbonyl (C=O) groups is 1. The van der Waals surface area contributed by atoms with Crippen molar-refractivity contribution in [2.75, 3.05) is 11.4 Å². The normalized spacial score (nSPS) is 11.4. The summed E-state index contributed by atoms with van der Waals surface area (Å²) in [7, 11) is 0. The molecule has 0 N–H and O–H groups in total. The van der Waals surface area contributed by atoms with E-state index in [9.17, 15) is 9.18 Å². The van der Waals surface area contributed by atoms with Crippen molar-refractivity contribution in [2.45, 2.75) is 37.0 Å². The van der Waals surface area contributed by atoms with Gasteiger partial charge in [0.15, 0.2) is 5.13 Å². The zero-order valence-corrected chi connectivity index (χ0v) is 19.0. The molecule has 0 aliphatic rings. The first-order valence-corrected chi connectivity index (χ1v) is 11.8. The molecule has 4 rings (SSSR count). The molecule has 8 heteroatoms. The monoisotopic (exact) mass is 454 g/mol. The number of imidazole rings is 1. The standard InChI is InChI=1S/C23H23FN4OS2/c1-16(2)30-19-7-4-17(5-8-19)22(29)28(12-3-11-27-13-10-25-15-27)23-26-20-9-6-18(24)14-21(20)31-23/h4-10,13-16H,3,11-12H2,1-2H3. The van der Waals surface area contributed by atoms with Crippen LogP contribution in [0.15, 0.2) is 66.1 Å². The van der Waals surface area contributed by atoms with Crippen molar-refractivity contribution in [1.82, 2.24) is 14.5 Å². The molecular weight excluding hydrogens is 431 g/mol. The van der Waals surface area contributed by atoms with Gasteiger partial charge in [-0.05, 0) is 48.9 Å². The highest BCUT2D eigenvalue weighted by Gasteiger charge is 2.21. The fraction of sp³-hybridized carbons (Fsp3) is 0.261. The summed E-state index contributed by atoms with van der Waals surface area (Å²) < 4.78 is 16.4. The zero-order valence-electron chi connectivity index (χ0n) is 17.4. The molecule has 0 aliphatic heterocycles. The largest absolute Gasteiger partial charge is 0.337 e. The van der Waals surface area contributed by atoms with Crippen LogP contribution in [0, 0.1) is 5.82 Å². The van der Waals surface area contributed by atoms with E-state index in [1.54, 1.807) is 35.3 Å². The number of halogens is 1. The van der Waals surface area contributed by atoms with E-state index in [0.717, 1.165) is 22.6 Å². The van der Waals surface area contributed by atoms with Crippen LogP contribution in [0.5, 0.6) is 0 Å². The lowest BCUT2D eigenvalue weighted by atomic mass is 10.2. The Bertz CT molecular complexity index is 1160. The Balaban J connectivity index is 1.59. The summed E-state index contributed by atoms with van der Waals surface area (Å²) in [6.07, 6.45) is 6.14. The van der Waals surface area contributed by atoms with E-state index in [2.05, 4.69) is 23.8 Å². The van der Waals surface area contributed by atoms with Gasteiger partial charge in [0.1, 0.15) is 5.82 Å². The molecule has 5 nitrogen and oxygen atoms in total. The number of aryl methyl sites for hydroxylation is 1. The number of fused-ring (bicyclic) bond motifs is 1. The SMILES string of the molecule is CC(C)Sc1ccc(C(=O)N(CCCn2ccnc2)c2nc3ccc(F)cc3s2)cc1. The van der Waals surface area contributed by atoms with Crippen LogP contribution in [0.1, 0.15) is 30.6 Å². The number of nitrogens with zero attached hydrogens (tertiary/aromatic N) is 4. The van der Waals surface area contributed by atoms with Crippen molar-refractivity contribution in [3.05, 3.63) is 72.6 Å². The lowest BCUT2D eigenvalue weighted by Crippen LogP contribution is -2.32. The third kappa shape index (κ3) is 5.32. The van der Waals surface area contributed by atoms with Crippen LogP contribution in [0.3, 0.4) is 0 Å². The third-order valence-electron chi connectivity index (χ3n) is 4.65. The molecule has 0 aliphatic carbocycles. The van der Waals surface area contributed by atoms with Crippen molar-refractivity contribution >= 4 is 44.4 Å². The van der Waals surface area contributed by atoms with Crippen molar-refractivity contribution in [3.8, 4) is 0 Å². The summed E-state index contributed by atoms with van der Waals surface area (Å²) in [4.78, 5) is 24.9. The minimum Gasteiger partial charge on any atom is -0.337 e. The number of hydrogen-bond donors (Lipinski definition) is 0. The summed E-state index contributed by atoms with van der Waals surface area (Å²) in [6, 6.07) is 12.2. The van der Waals surface area contributed by atoms with Gasteiger partial charge in [-0.3, -0.25) is 9.69 Å². The first kappa shape index (κ1) is 21.5. The van der Waals surface area contributed by atoms with E-state index < -0.39 is 0 Å². The molecule has 0 saturated heterocycles. The molecule has 2 aromatic heterocycles. The molecule has 2 heterocycles. The Kier molecular flexibility index (Phi) is 6.67. The fourth-order valence-electron chi connectivity index (χ4n) is 3.22. The highest BCUT2D eigenvalue weighted by molar-refractivity contribution is 7.99. The molecule has 2 aromatic carbocycles. The van der Waals surface area contributed by atoms with Crippen LogP contribution < -0.4 is 4.90 Å². The van der Waals surface area contributed by atoms with E-state index in [1.807, 2.05) is 35.0 Å². The second-order valence-electron chi connectivity index (χ2n) is 7.41. The van der Waals surface area contributed by atoms with Gasteiger partial charge in [0.2, 0.25) is 0 Å². The van der Waals surface area contributed by atoms with Crippen LogP contribution in [0.2, 0.25) is 0 Å². The number of amides is 1. The lowest BCUT2D eigenvalue weighted by molar-refractivity contribution is 0.0986. The topological polar surface area (TPSA) is 51.0 Å². The van der Waals surface area contributed by atoms with Crippen LogP contribution in [0.25, 0.3) is 10.2 Å².